The molecule has 0 unspecified atom stereocenters. The highest BCUT2D eigenvalue weighted by Gasteiger charge is 2.16. The fourth-order valence-electron chi connectivity index (χ4n) is 2.15. The third-order valence-electron chi connectivity index (χ3n) is 3.58. The second kappa shape index (κ2) is 10.9. The van der Waals surface area contributed by atoms with Gasteiger partial charge >= 0.3 is 0 Å². The van der Waals surface area contributed by atoms with Crippen molar-refractivity contribution in [1.29, 1.82) is 0 Å². The Morgan fingerprint density at radius 3 is 1.68 bits per heavy atom. The number of hydrazone groups is 2. The number of rotatable bonds is 6. The van der Waals surface area contributed by atoms with Gasteiger partial charge in [0.1, 0.15) is 17.7 Å². The predicted molar refractivity (Wildman–Crippen MR) is 121 cm³/mol. The van der Waals surface area contributed by atoms with Gasteiger partial charge in [-0.05, 0) is 24.4 Å². The number of benzene rings is 2. The molecule has 0 bridgehead atoms. The summed E-state index contributed by atoms with van der Waals surface area (Å²) in [5.74, 6) is 0. The van der Waals surface area contributed by atoms with Gasteiger partial charge < -0.3 is 10.6 Å². The van der Waals surface area contributed by atoms with Gasteiger partial charge in [-0.3, -0.25) is 15.6 Å². The van der Waals surface area contributed by atoms with E-state index < -0.39 is 0 Å². The van der Waals surface area contributed by atoms with Crippen molar-refractivity contribution in [1.82, 2.24) is 21.5 Å². The number of nitrogens with zero attached hydrogens (tertiary/aromatic N) is 2. The Bertz CT molecular complexity index is 894. The number of carbonyl (C=O) groups is 1. The highest BCUT2D eigenvalue weighted by Crippen LogP contribution is 2.11. The number of thiocarbonyl (C=S) groups is 2. The van der Waals surface area contributed by atoms with Crippen molar-refractivity contribution in [2.45, 2.75) is 0 Å². The van der Waals surface area contributed by atoms with Crippen LogP contribution in [0.3, 0.4) is 0 Å². The summed E-state index contributed by atoms with van der Waals surface area (Å²) >= 11 is 10.3. The number of aldehydes is 1. The molecule has 28 heavy (non-hydrogen) atoms. The van der Waals surface area contributed by atoms with E-state index >= 15 is 0 Å². The average molecular weight is 413 g/mol. The quantitative estimate of drug-likeness (QED) is 0.249. The van der Waals surface area contributed by atoms with Gasteiger partial charge in [0.05, 0.1) is 0 Å². The zero-order valence-electron chi connectivity index (χ0n) is 15.4. The van der Waals surface area contributed by atoms with Crippen molar-refractivity contribution in [3.05, 3.63) is 71.3 Å². The summed E-state index contributed by atoms with van der Waals surface area (Å²) in [6, 6.07) is 16.5. The smallest absolute Gasteiger partial charge is 0.186 e. The molecule has 0 radical (unpaired) electrons. The monoisotopic (exact) mass is 412 g/mol. The maximum absolute atomic E-state index is 11.0. The van der Waals surface area contributed by atoms with Gasteiger partial charge in [0, 0.05) is 30.8 Å². The first-order valence-corrected chi connectivity index (χ1v) is 9.13. The SMILES string of the molecule is CNC(=S)NN=C(C(=NNC(=S)NC)c1ccc(C=O)cc1)c1ccccc1. The molecule has 144 valence electrons. The fourth-order valence-corrected chi connectivity index (χ4v) is 2.24. The van der Waals surface area contributed by atoms with Gasteiger partial charge in [0.2, 0.25) is 0 Å². The molecule has 0 saturated heterocycles. The molecule has 0 saturated carbocycles. The normalized spacial score (nSPS) is 11.4. The second-order valence-corrected chi connectivity index (χ2v) is 6.23. The van der Waals surface area contributed by atoms with Crippen molar-refractivity contribution in [3.8, 4) is 0 Å². The third-order valence-corrected chi connectivity index (χ3v) is 4.18. The largest absolute Gasteiger partial charge is 0.364 e. The molecule has 0 amide bonds. The van der Waals surface area contributed by atoms with E-state index in [1.54, 1.807) is 38.4 Å². The highest BCUT2D eigenvalue weighted by atomic mass is 32.1. The summed E-state index contributed by atoms with van der Waals surface area (Å²) < 4.78 is 0. The van der Waals surface area contributed by atoms with Crippen LogP contribution in [-0.2, 0) is 0 Å². The Hall–Kier alpha value is -3.17. The van der Waals surface area contributed by atoms with E-state index in [4.69, 9.17) is 24.4 Å². The standard InChI is InChI=1S/C19H20N6OS2/c1-20-18(27)24-22-16(14-6-4-3-5-7-14)17(23-25-19(28)21-2)15-10-8-13(12-26)9-11-15/h3-12H,1-2H3,(H2,20,24,27)(H2,21,25,28). The van der Waals surface area contributed by atoms with Gasteiger partial charge in [0.15, 0.2) is 10.2 Å². The molecule has 2 aromatic rings. The van der Waals surface area contributed by atoms with Crippen molar-refractivity contribution in [2.75, 3.05) is 14.1 Å². The summed E-state index contributed by atoms with van der Waals surface area (Å²) in [5, 5.41) is 15.2. The van der Waals surface area contributed by atoms with Gasteiger partial charge in [-0.2, -0.15) is 10.2 Å². The van der Waals surface area contributed by atoms with Gasteiger partial charge in [0.25, 0.3) is 0 Å². The van der Waals surface area contributed by atoms with Crippen LogP contribution in [0.15, 0.2) is 64.8 Å². The Kier molecular flexibility index (Phi) is 8.19. The molecule has 0 fully saturated rings. The molecule has 2 aromatic carbocycles. The van der Waals surface area contributed by atoms with Crippen LogP contribution in [0.25, 0.3) is 0 Å². The first-order chi connectivity index (χ1) is 13.6. The number of carbonyl (C=O) groups excluding carboxylic acids is 1. The first-order valence-electron chi connectivity index (χ1n) is 8.31. The molecule has 2 rings (SSSR count). The number of hydrogen-bond acceptors (Lipinski definition) is 5. The lowest BCUT2D eigenvalue weighted by Gasteiger charge is -2.13. The molecule has 4 N–H and O–H groups in total. The lowest BCUT2D eigenvalue weighted by molar-refractivity contribution is 0.112. The summed E-state index contributed by atoms with van der Waals surface area (Å²) in [4.78, 5) is 11.0. The second-order valence-electron chi connectivity index (χ2n) is 5.41. The lowest BCUT2D eigenvalue weighted by atomic mass is 9.99. The summed E-state index contributed by atoms with van der Waals surface area (Å²) in [7, 11) is 3.40. The molecule has 0 atom stereocenters. The zero-order valence-corrected chi connectivity index (χ0v) is 17.0. The van der Waals surface area contributed by atoms with Crippen LogP contribution < -0.4 is 21.5 Å². The molecule has 0 aliphatic heterocycles. The first kappa shape index (κ1) is 21.1. The zero-order chi connectivity index (χ0) is 20.4. The van der Waals surface area contributed by atoms with E-state index in [1.165, 1.54) is 0 Å². The van der Waals surface area contributed by atoms with E-state index in [2.05, 4.69) is 31.7 Å². The Balaban J connectivity index is 2.57. The maximum atomic E-state index is 11.0. The average Bonchev–Trinajstić information content (AvgIpc) is 2.76. The summed E-state index contributed by atoms with van der Waals surface area (Å²) in [5.41, 5.74) is 8.79. The minimum absolute atomic E-state index is 0.355. The number of hydrogen-bond donors (Lipinski definition) is 4. The van der Waals surface area contributed by atoms with Crippen molar-refractivity contribution in [2.24, 2.45) is 10.2 Å². The van der Waals surface area contributed by atoms with Gasteiger partial charge in [-0.1, -0.05) is 54.6 Å². The molecule has 0 aliphatic carbocycles. The molecule has 0 aromatic heterocycles. The highest BCUT2D eigenvalue weighted by molar-refractivity contribution is 7.80. The Morgan fingerprint density at radius 1 is 0.786 bits per heavy atom. The molecule has 0 aliphatic rings. The van der Waals surface area contributed by atoms with Crippen LogP contribution in [-0.4, -0.2) is 42.0 Å². The molecular weight excluding hydrogens is 392 g/mol. The predicted octanol–water partition coefficient (Wildman–Crippen LogP) is 1.80. The topological polar surface area (TPSA) is 89.9 Å². The van der Waals surface area contributed by atoms with Crippen molar-refractivity contribution in [3.63, 3.8) is 0 Å². The van der Waals surface area contributed by atoms with Crippen molar-refractivity contribution >= 4 is 52.4 Å². The minimum atomic E-state index is 0.355. The van der Waals surface area contributed by atoms with Crippen molar-refractivity contribution < 1.29 is 4.79 Å². The Labute approximate surface area is 174 Å². The molecular formula is C19H20N6OS2. The number of nitrogens with one attached hydrogen (secondary N) is 4. The van der Waals surface area contributed by atoms with Crippen LogP contribution in [0.4, 0.5) is 0 Å². The van der Waals surface area contributed by atoms with Gasteiger partial charge in [-0.15, -0.1) is 0 Å². The van der Waals surface area contributed by atoms with E-state index in [-0.39, 0.29) is 0 Å². The van der Waals surface area contributed by atoms with E-state index in [1.807, 2.05) is 30.3 Å². The molecule has 7 nitrogen and oxygen atoms in total. The Morgan fingerprint density at radius 2 is 1.25 bits per heavy atom. The lowest BCUT2D eigenvalue weighted by Crippen LogP contribution is -2.33. The summed E-state index contributed by atoms with van der Waals surface area (Å²) in [6.45, 7) is 0. The molecule has 0 spiro atoms. The van der Waals surface area contributed by atoms with E-state index in [0.29, 0.717) is 27.2 Å². The van der Waals surface area contributed by atoms with Crippen LogP contribution in [0.5, 0.6) is 0 Å². The van der Waals surface area contributed by atoms with Crippen LogP contribution >= 0.6 is 24.4 Å². The molecule has 0 heterocycles. The fraction of sp³-hybridized carbons (Fsp3) is 0.105. The maximum Gasteiger partial charge on any atom is 0.186 e. The van der Waals surface area contributed by atoms with Crippen LogP contribution in [0, 0.1) is 0 Å². The van der Waals surface area contributed by atoms with Crippen LogP contribution in [0.2, 0.25) is 0 Å². The minimum Gasteiger partial charge on any atom is -0.364 e. The van der Waals surface area contributed by atoms with E-state index in [0.717, 1.165) is 17.4 Å². The third kappa shape index (κ3) is 5.93. The molecule has 9 heteroatoms. The van der Waals surface area contributed by atoms with E-state index in [9.17, 15) is 4.79 Å². The summed E-state index contributed by atoms with van der Waals surface area (Å²) in [6.07, 6.45) is 0.786. The van der Waals surface area contributed by atoms with Gasteiger partial charge in [-0.25, -0.2) is 0 Å². The van der Waals surface area contributed by atoms with Crippen LogP contribution in [0.1, 0.15) is 21.5 Å².